The number of rotatable bonds is 5. The first-order valence-electron chi connectivity index (χ1n) is 3.73. The fourth-order valence-electron chi connectivity index (χ4n) is 0.681. The van der Waals surface area contributed by atoms with Crippen LogP contribution in [0.3, 0.4) is 0 Å². The molecule has 0 aliphatic heterocycles. The molecular formula is C7H16N2O2. The Hall–Kier alpha value is -0.610. The summed E-state index contributed by atoms with van der Waals surface area (Å²) in [7, 11) is 1.38. The average molecular weight is 160 g/mol. The van der Waals surface area contributed by atoms with E-state index in [1.807, 2.05) is 0 Å². The molecule has 0 saturated heterocycles. The van der Waals surface area contributed by atoms with Crippen molar-refractivity contribution < 1.29 is 9.53 Å². The van der Waals surface area contributed by atoms with Gasteiger partial charge in [-0.1, -0.05) is 0 Å². The third kappa shape index (κ3) is 4.75. The monoisotopic (exact) mass is 160 g/mol. The summed E-state index contributed by atoms with van der Waals surface area (Å²) in [6.45, 7) is 3.16. The predicted octanol–water partition coefficient (Wildman–Crippen LogP) is -0.514. The minimum absolute atomic E-state index is 0.230. The van der Waals surface area contributed by atoms with Gasteiger partial charge in [-0.05, 0) is 26.4 Å². The highest BCUT2D eigenvalue weighted by atomic mass is 16.5. The van der Waals surface area contributed by atoms with E-state index in [4.69, 9.17) is 5.73 Å². The van der Waals surface area contributed by atoms with Gasteiger partial charge in [-0.15, -0.1) is 0 Å². The first kappa shape index (κ1) is 10.4. The van der Waals surface area contributed by atoms with Crippen molar-refractivity contribution in [3.05, 3.63) is 0 Å². The van der Waals surface area contributed by atoms with E-state index in [2.05, 4.69) is 10.1 Å². The second-order valence-electron chi connectivity index (χ2n) is 2.34. The Kier molecular flexibility index (Phi) is 5.78. The van der Waals surface area contributed by atoms with Gasteiger partial charge < -0.3 is 15.8 Å². The van der Waals surface area contributed by atoms with E-state index in [0.29, 0.717) is 6.54 Å². The lowest BCUT2D eigenvalue weighted by molar-refractivity contribution is -0.142. The van der Waals surface area contributed by atoms with Crippen molar-refractivity contribution in [2.45, 2.75) is 19.4 Å². The van der Waals surface area contributed by atoms with Crippen LogP contribution in [0.25, 0.3) is 0 Å². The Morgan fingerprint density at radius 3 is 2.82 bits per heavy atom. The summed E-state index contributed by atoms with van der Waals surface area (Å²) in [4.78, 5) is 10.8. The molecule has 0 aromatic heterocycles. The first-order chi connectivity index (χ1) is 5.22. The number of carbonyl (C=O) groups excluding carboxylic acids is 1. The molecule has 1 atom stereocenters. The molecule has 0 aromatic carbocycles. The molecule has 3 N–H and O–H groups in total. The maximum Gasteiger partial charge on any atom is 0.322 e. The van der Waals surface area contributed by atoms with Crippen LogP contribution in [0.2, 0.25) is 0 Å². The maximum absolute atomic E-state index is 10.8. The molecule has 0 radical (unpaired) electrons. The first-order valence-corrected chi connectivity index (χ1v) is 3.73. The lowest BCUT2D eigenvalue weighted by Gasteiger charge is -2.09. The quantitative estimate of drug-likeness (QED) is 0.420. The van der Waals surface area contributed by atoms with Gasteiger partial charge in [0, 0.05) is 0 Å². The highest BCUT2D eigenvalue weighted by molar-refractivity contribution is 5.74. The molecule has 0 amide bonds. The van der Waals surface area contributed by atoms with Gasteiger partial charge in [-0.3, -0.25) is 4.79 Å². The van der Waals surface area contributed by atoms with Crippen molar-refractivity contribution in [2.24, 2.45) is 5.73 Å². The van der Waals surface area contributed by atoms with E-state index in [1.165, 1.54) is 7.11 Å². The second-order valence-corrected chi connectivity index (χ2v) is 2.34. The van der Waals surface area contributed by atoms with E-state index in [0.717, 1.165) is 13.0 Å². The van der Waals surface area contributed by atoms with Gasteiger partial charge >= 0.3 is 5.97 Å². The van der Waals surface area contributed by atoms with E-state index < -0.39 is 0 Å². The fourth-order valence-corrected chi connectivity index (χ4v) is 0.681. The fraction of sp³-hybridized carbons (Fsp3) is 0.857. The summed E-state index contributed by atoms with van der Waals surface area (Å²) in [5.41, 5.74) is 5.27. The van der Waals surface area contributed by atoms with Crippen molar-refractivity contribution in [1.82, 2.24) is 5.32 Å². The molecule has 0 unspecified atom stereocenters. The molecule has 0 aliphatic carbocycles. The summed E-state index contributed by atoms with van der Waals surface area (Å²) >= 11 is 0. The smallest absolute Gasteiger partial charge is 0.322 e. The maximum atomic E-state index is 10.8. The molecule has 11 heavy (non-hydrogen) atoms. The molecular weight excluding hydrogens is 144 g/mol. The van der Waals surface area contributed by atoms with Crippen LogP contribution in [0.5, 0.6) is 0 Å². The lowest BCUT2D eigenvalue weighted by atomic mass is 10.3. The molecule has 4 heteroatoms. The highest BCUT2D eigenvalue weighted by Gasteiger charge is 2.10. The molecule has 0 aliphatic rings. The van der Waals surface area contributed by atoms with Crippen molar-refractivity contribution in [3.8, 4) is 0 Å². The largest absolute Gasteiger partial charge is 0.468 e. The van der Waals surface area contributed by atoms with Crippen molar-refractivity contribution in [1.29, 1.82) is 0 Å². The number of methoxy groups -OCH3 is 1. The van der Waals surface area contributed by atoms with Crippen LogP contribution in [0.15, 0.2) is 0 Å². The Morgan fingerprint density at radius 1 is 1.73 bits per heavy atom. The van der Waals surface area contributed by atoms with Crippen LogP contribution in [-0.4, -0.2) is 32.2 Å². The van der Waals surface area contributed by atoms with E-state index >= 15 is 0 Å². The Morgan fingerprint density at radius 2 is 2.36 bits per heavy atom. The molecule has 66 valence electrons. The second kappa shape index (κ2) is 6.12. The molecule has 0 spiro atoms. The summed E-state index contributed by atoms with van der Waals surface area (Å²) < 4.78 is 4.51. The number of hydrogen-bond donors (Lipinski definition) is 2. The van der Waals surface area contributed by atoms with Crippen LogP contribution in [0.1, 0.15) is 13.3 Å². The van der Waals surface area contributed by atoms with Crippen molar-refractivity contribution in [2.75, 3.05) is 20.2 Å². The van der Waals surface area contributed by atoms with Crippen LogP contribution in [0.4, 0.5) is 0 Å². The number of ether oxygens (including phenoxy) is 1. The molecule has 0 saturated carbocycles. The van der Waals surface area contributed by atoms with E-state index in [-0.39, 0.29) is 12.0 Å². The van der Waals surface area contributed by atoms with E-state index in [1.54, 1.807) is 6.92 Å². The number of hydrogen-bond acceptors (Lipinski definition) is 4. The zero-order valence-corrected chi connectivity index (χ0v) is 7.09. The third-order valence-corrected chi connectivity index (χ3v) is 1.39. The van der Waals surface area contributed by atoms with Crippen LogP contribution in [0, 0.1) is 0 Å². The summed E-state index contributed by atoms with van der Waals surface area (Å²) in [6.07, 6.45) is 0.876. The Balaban J connectivity index is 3.36. The molecule has 4 nitrogen and oxygen atoms in total. The van der Waals surface area contributed by atoms with Gasteiger partial charge in [-0.2, -0.15) is 0 Å². The third-order valence-electron chi connectivity index (χ3n) is 1.39. The SMILES string of the molecule is COC(=O)[C@H](C)NCCCN. The highest BCUT2D eigenvalue weighted by Crippen LogP contribution is 1.85. The summed E-state index contributed by atoms with van der Waals surface area (Å²) in [5, 5.41) is 2.98. The van der Waals surface area contributed by atoms with Crippen LogP contribution in [-0.2, 0) is 9.53 Å². The van der Waals surface area contributed by atoms with E-state index in [9.17, 15) is 4.79 Å². The normalized spacial score (nSPS) is 12.6. The van der Waals surface area contributed by atoms with Gasteiger partial charge in [0.2, 0.25) is 0 Å². The predicted molar refractivity (Wildman–Crippen MR) is 43.2 cm³/mol. The van der Waals surface area contributed by atoms with Crippen molar-refractivity contribution in [3.63, 3.8) is 0 Å². The zero-order valence-electron chi connectivity index (χ0n) is 7.09. The molecule has 0 heterocycles. The van der Waals surface area contributed by atoms with Gasteiger partial charge in [-0.25, -0.2) is 0 Å². The number of esters is 1. The number of nitrogens with two attached hydrogens (primary N) is 1. The van der Waals surface area contributed by atoms with Crippen molar-refractivity contribution >= 4 is 5.97 Å². The Labute approximate surface area is 67.1 Å². The topological polar surface area (TPSA) is 64.3 Å². The van der Waals surface area contributed by atoms with Crippen LogP contribution < -0.4 is 11.1 Å². The molecule has 0 fully saturated rings. The van der Waals surface area contributed by atoms with Gasteiger partial charge in [0.25, 0.3) is 0 Å². The van der Waals surface area contributed by atoms with Crippen LogP contribution >= 0.6 is 0 Å². The van der Waals surface area contributed by atoms with Gasteiger partial charge in [0.1, 0.15) is 6.04 Å². The molecule has 0 rings (SSSR count). The molecule has 0 aromatic rings. The summed E-state index contributed by atoms with van der Waals surface area (Å²) in [5.74, 6) is -0.234. The average Bonchev–Trinajstić information content (AvgIpc) is 2.03. The van der Waals surface area contributed by atoms with Gasteiger partial charge in [0.05, 0.1) is 7.11 Å². The number of carbonyl (C=O) groups is 1. The minimum atomic E-state index is -0.234. The molecule has 0 bridgehead atoms. The van der Waals surface area contributed by atoms with Gasteiger partial charge in [0.15, 0.2) is 0 Å². The standard InChI is InChI=1S/C7H16N2O2/c1-6(7(10)11-2)9-5-3-4-8/h6,9H,3-5,8H2,1-2H3/t6-/m0/s1. The summed E-state index contributed by atoms with van der Waals surface area (Å²) in [6, 6.07) is -0.230. The zero-order chi connectivity index (χ0) is 8.69. The Bertz CT molecular complexity index is 117. The lowest BCUT2D eigenvalue weighted by Crippen LogP contribution is -2.35. The minimum Gasteiger partial charge on any atom is -0.468 e. The number of nitrogens with one attached hydrogen (secondary N) is 1.